The molecule has 0 aromatic heterocycles. The molecule has 98 valence electrons. The van der Waals surface area contributed by atoms with Gasteiger partial charge < -0.3 is 10.1 Å². The van der Waals surface area contributed by atoms with Gasteiger partial charge in [0.25, 0.3) is 0 Å². The van der Waals surface area contributed by atoms with Gasteiger partial charge in [-0.1, -0.05) is 30.3 Å². The molecule has 1 amide bonds. The van der Waals surface area contributed by atoms with Crippen molar-refractivity contribution in [3.05, 3.63) is 42.0 Å². The van der Waals surface area contributed by atoms with E-state index in [4.69, 9.17) is 4.74 Å². The molecular formula is C15H21NO2. The number of hydrogen-bond acceptors (Lipinski definition) is 2. The zero-order chi connectivity index (χ0) is 13.2. The lowest BCUT2D eigenvalue weighted by atomic mass is 10.2. The van der Waals surface area contributed by atoms with Gasteiger partial charge in [-0.05, 0) is 31.9 Å². The lowest BCUT2D eigenvalue weighted by molar-refractivity contribution is -0.116. The van der Waals surface area contributed by atoms with Gasteiger partial charge in [-0.2, -0.15) is 0 Å². The number of hydrogen-bond donors (Lipinski definition) is 1. The summed E-state index contributed by atoms with van der Waals surface area (Å²) in [7, 11) is 0. The highest BCUT2D eigenvalue weighted by Gasteiger charge is 1.96. The van der Waals surface area contributed by atoms with Crippen LogP contribution in [0.5, 0.6) is 0 Å². The maximum atomic E-state index is 11.5. The molecule has 1 rings (SSSR count). The molecule has 0 spiro atoms. The van der Waals surface area contributed by atoms with E-state index in [2.05, 4.69) is 5.32 Å². The van der Waals surface area contributed by atoms with Gasteiger partial charge in [-0.15, -0.1) is 0 Å². The Kier molecular flexibility index (Phi) is 6.81. The maximum Gasteiger partial charge on any atom is 0.244 e. The van der Waals surface area contributed by atoms with Gasteiger partial charge in [-0.25, -0.2) is 0 Å². The molecule has 0 aliphatic rings. The Hall–Kier alpha value is -1.61. The SMILES string of the molecule is CC(C)OCCCNC(=O)/C=C/c1ccccc1. The van der Waals surface area contributed by atoms with Crippen LogP contribution in [0.2, 0.25) is 0 Å². The third-order valence-corrected chi connectivity index (χ3v) is 2.30. The third kappa shape index (κ3) is 6.86. The van der Waals surface area contributed by atoms with Gasteiger partial charge in [0.05, 0.1) is 6.10 Å². The van der Waals surface area contributed by atoms with E-state index in [1.807, 2.05) is 44.2 Å². The molecular weight excluding hydrogens is 226 g/mol. The zero-order valence-corrected chi connectivity index (χ0v) is 11.1. The van der Waals surface area contributed by atoms with E-state index in [1.54, 1.807) is 12.2 Å². The van der Waals surface area contributed by atoms with Gasteiger partial charge >= 0.3 is 0 Å². The van der Waals surface area contributed by atoms with Crippen molar-refractivity contribution in [1.82, 2.24) is 5.32 Å². The van der Waals surface area contributed by atoms with Crippen LogP contribution in [0.15, 0.2) is 36.4 Å². The minimum absolute atomic E-state index is 0.0663. The average molecular weight is 247 g/mol. The quantitative estimate of drug-likeness (QED) is 0.594. The molecule has 0 unspecified atom stereocenters. The summed E-state index contributed by atoms with van der Waals surface area (Å²) in [6.07, 6.45) is 4.44. The van der Waals surface area contributed by atoms with E-state index >= 15 is 0 Å². The van der Waals surface area contributed by atoms with E-state index < -0.39 is 0 Å². The van der Waals surface area contributed by atoms with Crippen molar-refractivity contribution in [3.63, 3.8) is 0 Å². The van der Waals surface area contributed by atoms with Crippen molar-refractivity contribution >= 4 is 12.0 Å². The maximum absolute atomic E-state index is 11.5. The van der Waals surface area contributed by atoms with Gasteiger partial charge in [-0.3, -0.25) is 4.79 Å². The Morgan fingerprint density at radius 3 is 2.72 bits per heavy atom. The number of ether oxygens (including phenoxy) is 1. The summed E-state index contributed by atoms with van der Waals surface area (Å²) in [5.41, 5.74) is 1.02. The second-order valence-corrected chi connectivity index (χ2v) is 4.31. The predicted molar refractivity (Wildman–Crippen MR) is 74.2 cm³/mol. The molecule has 0 aliphatic carbocycles. The first-order valence-electron chi connectivity index (χ1n) is 6.31. The fraction of sp³-hybridized carbons (Fsp3) is 0.400. The summed E-state index contributed by atoms with van der Waals surface area (Å²) in [5, 5.41) is 2.82. The molecule has 0 aliphatic heterocycles. The molecule has 0 bridgehead atoms. The van der Waals surface area contributed by atoms with Crippen LogP contribution in [-0.2, 0) is 9.53 Å². The van der Waals surface area contributed by atoms with Crippen molar-refractivity contribution < 1.29 is 9.53 Å². The van der Waals surface area contributed by atoms with E-state index in [0.717, 1.165) is 12.0 Å². The van der Waals surface area contributed by atoms with Gasteiger partial charge in [0, 0.05) is 19.2 Å². The molecule has 0 saturated carbocycles. The molecule has 3 nitrogen and oxygen atoms in total. The zero-order valence-electron chi connectivity index (χ0n) is 11.1. The highest BCUT2D eigenvalue weighted by molar-refractivity contribution is 5.91. The van der Waals surface area contributed by atoms with Crippen LogP contribution in [0.4, 0.5) is 0 Å². The van der Waals surface area contributed by atoms with E-state index in [-0.39, 0.29) is 12.0 Å². The first-order valence-corrected chi connectivity index (χ1v) is 6.31. The summed E-state index contributed by atoms with van der Waals surface area (Å²) >= 11 is 0. The largest absolute Gasteiger partial charge is 0.379 e. The highest BCUT2D eigenvalue weighted by Crippen LogP contribution is 2.00. The number of nitrogens with one attached hydrogen (secondary N) is 1. The minimum atomic E-state index is -0.0663. The smallest absolute Gasteiger partial charge is 0.244 e. The monoisotopic (exact) mass is 247 g/mol. The Bertz CT molecular complexity index is 371. The number of benzene rings is 1. The summed E-state index contributed by atoms with van der Waals surface area (Å²) < 4.78 is 5.38. The fourth-order valence-corrected chi connectivity index (χ4v) is 1.40. The van der Waals surface area contributed by atoms with Crippen molar-refractivity contribution in [2.75, 3.05) is 13.2 Å². The second kappa shape index (κ2) is 8.48. The van der Waals surface area contributed by atoms with Crippen LogP contribution < -0.4 is 5.32 Å². The molecule has 1 N–H and O–H groups in total. The Morgan fingerprint density at radius 2 is 2.06 bits per heavy atom. The van der Waals surface area contributed by atoms with E-state index in [9.17, 15) is 4.79 Å². The molecule has 0 atom stereocenters. The molecule has 18 heavy (non-hydrogen) atoms. The van der Waals surface area contributed by atoms with Crippen molar-refractivity contribution in [1.29, 1.82) is 0 Å². The summed E-state index contributed by atoms with van der Waals surface area (Å²) in [6.45, 7) is 5.33. The van der Waals surface area contributed by atoms with Crippen LogP contribution in [0.3, 0.4) is 0 Å². The number of rotatable bonds is 7. The third-order valence-electron chi connectivity index (χ3n) is 2.30. The van der Waals surface area contributed by atoms with Gasteiger partial charge in [0.15, 0.2) is 0 Å². The molecule has 0 fully saturated rings. The topological polar surface area (TPSA) is 38.3 Å². The number of amides is 1. The normalized spacial score (nSPS) is 11.1. The molecule has 1 aromatic carbocycles. The van der Waals surface area contributed by atoms with Crippen LogP contribution in [0.25, 0.3) is 6.08 Å². The molecule has 0 saturated heterocycles. The summed E-state index contributed by atoms with van der Waals surface area (Å²) in [6, 6.07) is 9.76. The average Bonchev–Trinajstić information content (AvgIpc) is 2.37. The molecule has 0 heterocycles. The highest BCUT2D eigenvalue weighted by atomic mass is 16.5. The Morgan fingerprint density at radius 1 is 1.33 bits per heavy atom. The lowest BCUT2D eigenvalue weighted by Crippen LogP contribution is -2.23. The van der Waals surface area contributed by atoms with E-state index in [1.165, 1.54) is 0 Å². The first kappa shape index (κ1) is 14.5. The molecule has 0 radical (unpaired) electrons. The Labute approximate surface area is 109 Å². The first-order chi connectivity index (χ1) is 8.68. The molecule has 3 heteroatoms. The number of carbonyl (C=O) groups is 1. The summed E-state index contributed by atoms with van der Waals surface area (Å²) in [4.78, 5) is 11.5. The molecule has 1 aromatic rings. The fourth-order valence-electron chi connectivity index (χ4n) is 1.40. The van der Waals surface area contributed by atoms with Crippen molar-refractivity contribution in [2.45, 2.75) is 26.4 Å². The summed E-state index contributed by atoms with van der Waals surface area (Å²) in [5.74, 6) is -0.0663. The van der Waals surface area contributed by atoms with Crippen molar-refractivity contribution in [2.24, 2.45) is 0 Å². The second-order valence-electron chi connectivity index (χ2n) is 4.31. The van der Waals surface area contributed by atoms with Crippen LogP contribution in [-0.4, -0.2) is 25.2 Å². The van der Waals surface area contributed by atoms with Gasteiger partial charge in [0.2, 0.25) is 5.91 Å². The number of carbonyl (C=O) groups excluding carboxylic acids is 1. The minimum Gasteiger partial charge on any atom is -0.379 e. The van der Waals surface area contributed by atoms with Crippen LogP contribution in [0, 0.1) is 0 Å². The van der Waals surface area contributed by atoms with Crippen molar-refractivity contribution in [3.8, 4) is 0 Å². The Balaban J connectivity index is 2.16. The van der Waals surface area contributed by atoms with Gasteiger partial charge in [0.1, 0.15) is 0 Å². The van der Waals surface area contributed by atoms with E-state index in [0.29, 0.717) is 13.2 Å². The lowest BCUT2D eigenvalue weighted by Gasteiger charge is -2.07. The van der Waals surface area contributed by atoms with Crippen LogP contribution in [0.1, 0.15) is 25.8 Å². The standard InChI is InChI=1S/C15H21NO2/c1-13(2)18-12-6-11-16-15(17)10-9-14-7-4-3-5-8-14/h3-5,7-10,13H,6,11-12H2,1-2H3,(H,16,17)/b10-9+. The van der Waals surface area contributed by atoms with Crippen LogP contribution >= 0.6 is 0 Å². The predicted octanol–water partition coefficient (Wildman–Crippen LogP) is 2.63.